The van der Waals surface area contributed by atoms with Gasteiger partial charge in [0.25, 0.3) is 0 Å². The van der Waals surface area contributed by atoms with E-state index in [1.165, 1.54) is 17.1 Å². The number of alkyl halides is 1. The van der Waals surface area contributed by atoms with Gasteiger partial charge in [0, 0.05) is 19.5 Å². The summed E-state index contributed by atoms with van der Waals surface area (Å²) in [5.74, 6) is 0.853. The summed E-state index contributed by atoms with van der Waals surface area (Å²) in [6.07, 6.45) is 5.59. The van der Waals surface area contributed by atoms with E-state index in [1.54, 1.807) is 19.2 Å². The first kappa shape index (κ1) is 16.8. The standard InChI is InChI=1S/C16H24ClNO2S/c1-3-14-8-9-16(10-15(14)11-17)21(19,20)18(2)12-13-6-4-5-7-13/h8-10,13H,3-7,11-12H2,1-2H3. The van der Waals surface area contributed by atoms with Gasteiger partial charge in [-0.3, -0.25) is 0 Å². The van der Waals surface area contributed by atoms with Crippen molar-refractivity contribution < 1.29 is 8.42 Å². The highest BCUT2D eigenvalue weighted by Gasteiger charge is 2.25. The zero-order chi connectivity index (χ0) is 15.5. The lowest BCUT2D eigenvalue weighted by atomic mass is 10.1. The van der Waals surface area contributed by atoms with E-state index in [4.69, 9.17) is 11.6 Å². The Labute approximate surface area is 133 Å². The van der Waals surface area contributed by atoms with Gasteiger partial charge >= 0.3 is 0 Å². The zero-order valence-electron chi connectivity index (χ0n) is 12.8. The summed E-state index contributed by atoms with van der Waals surface area (Å²) in [7, 11) is -1.73. The molecule has 0 aromatic heterocycles. The highest BCUT2D eigenvalue weighted by atomic mass is 35.5. The molecule has 1 fully saturated rings. The largest absolute Gasteiger partial charge is 0.242 e. The third-order valence-corrected chi connectivity index (χ3v) is 6.51. The Morgan fingerprint density at radius 3 is 2.48 bits per heavy atom. The lowest BCUT2D eigenvalue weighted by Gasteiger charge is -2.21. The Morgan fingerprint density at radius 1 is 1.24 bits per heavy atom. The summed E-state index contributed by atoms with van der Waals surface area (Å²) in [6, 6.07) is 5.32. The van der Waals surface area contributed by atoms with Crippen LogP contribution >= 0.6 is 11.6 Å². The number of hydrogen-bond donors (Lipinski definition) is 0. The first-order valence-corrected chi connectivity index (χ1v) is 9.60. The molecule has 0 bridgehead atoms. The quantitative estimate of drug-likeness (QED) is 0.744. The van der Waals surface area contributed by atoms with Crippen LogP contribution in [0.15, 0.2) is 23.1 Å². The van der Waals surface area contributed by atoms with Crippen LogP contribution in [0.4, 0.5) is 0 Å². The molecule has 0 N–H and O–H groups in total. The fourth-order valence-electron chi connectivity index (χ4n) is 3.07. The Hall–Kier alpha value is -0.580. The highest BCUT2D eigenvalue weighted by molar-refractivity contribution is 7.89. The van der Waals surface area contributed by atoms with Crippen molar-refractivity contribution in [3.05, 3.63) is 29.3 Å². The molecule has 2 rings (SSSR count). The molecule has 1 aromatic rings. The van der Waals surface area contributed by atoms with E-state index in [9.17, 15) is 8.42 Å². The minimum absolute atomic E-state index is 0.346. The number of nitrogens with zero attached hydrogens (tertiary/aromatic N) is 1. The van der Waals surface area contributed by atoms with Crippen molar-refractivity contribution >= 4 is 21.6 Å². The van der Waals surface area contributed by atoms with Crippen LogP contribution in [-0.2, 0) is 22.3 Å². The number of hydrogen-bond acceptors (Lipinski definition) is 2. The van der Waals surface area contributed by atoms with Crippen molar-refractivity contribution in [3.63, 3.8) is 0 Å². The summed E-state index contributed by atoms with van der Waals surface area (Å²) in [5.41, 5.74) is 2.02. The molecule has 118 valence electrons. The topological polar surface area (TPSA) is 37.4 Å². The average Bonchev–Trinajstić information content (AvgIpc) is 2.99. The van der Waals surface area contributed by atoms with Gasteiger partial charge in [-0.05, 0) is 48.4 Å². The normalized spacial score (nSPS) is 16.8. The van der Waals surface area contributed by atoms with Gasteiger partial charge in [0.05, 0.1) is 4.90 Å². The van der Waals surface area contributed by atoms with Crippen molar-refractivity contribution in [3.8, 4) is 0 Å². The molecule has 0 aliphatic heterocycles. The molecule has 1 saturated carbocycles. The van der Waals surface area contributed by atoms with E-state index in [0.29, 0.717) is 23.2 Å². The lowest BCUT2D eigenvalue weighted by Crippen LogP contribution is -2.31. The molecule has 0 unspecified atom stereocenters. The van der Waals surface area contributed by atoms with Crippen molar-refractivity contribution in [2.45, 2.75) is 49.8 Å². The number of benzene rings is 1. The maximum absolute atomic E-state index is 12.7. The first-order chi connectivity index (χ1) is 9.98. The summed E-state index contributed by atoms with van der Waals surface area (Å²) >= 11 is 5.94. The summed E-state index contributed by atoms with van der Waals surface area (Å²) in [5, 5.41) is 0. The van der Waals surface area contributed by atoms with Gasteiger partial charge in [0.1, 0.15) is 0 Å². The van der Waals surface area contributed by atoms with Gasteiger partial charge in [-0.25, -0.2) is 12.7 Å². The lowest BCUT2D eigenvalue weighted by molar-refractivity contribution is 0.387. The molecule has 5 heteroatoms. The van der Waals surface area contributed by atoms with Crippen molar-refractivity contribution in [1.29, 1.82) is 0 Å². The maximum Gasteiger partial charge on any atom is 0.242 e. The molecular weight excluding hydrogens is 306 g/mol. The molecule has 0 atom stereocenters. The van der Waals surface area contributed by atoms with E-state index in [2.05, 4.69) is 0 Å². The van der Waals surface area contributed by atoms with Gasteiger partial charge in [-0.2, -0.15) is 0 Å². The maximum atomic E-state index is 12.7. The molecular formula is C16H24ClNO2S. The van der Waals surface area contributed by atoms with E-state index < -0.39 is 10.0 Å². The summed E-state index contributed by atoms with van der Waals surface area (Å²) < 4.78 is 26.8. The van der Waals surface area contributed by atoms with Crippen LogP contribution in [0.5, 0.6) is 0 Å². The average molecular weight is 330 g/mol. The van der Waals surface area contributed by atoms with Crippen LogP contribution in [0.1, 0.15) is 43.7 Å². The monoisotopic (exact) mass is 329 g/mol. The second kappa shape index (κ2) is 7.12. The fraction of sp³-hybridized carbons (Fsp3) is 0.625. The van der Waals surface area contributed by atoms with Crippen LogP contribution in [0.3, 0.4) is 0 Å². The van der Waals surface area contributed by atoms with Crippen LogP contribution in [-0.4, -0.2) is 26.3 Å². The van der Waals surface area contributed by atoms with Crippen molar-refractivity contribution in [2.24, 2.45) is 5.92 Å². The third kappa shape index (κ3) is 3.79. The van der Waals surface area contributed by atoms with E-state index in [1.807, 2.05) is 13.0 Å². The highest BCUT2D eigenvalue weighted by Crippen LogP contribution is 2.27. The molecule has 0 heterocycles. The predicted octanol–water partition coefficient (Wildman–Crippen LogP) is 3.80. The molecule has 21 heavy (non-hydrogen) atoms. The molecule has 0 saturated heterocycles. The van der Waals surface area contributed by atoms with Crippen molar-refractivity contribution in [2.75, 3.05) is 13.6 Å². The summed E-state index contributed by atoms with van der Waals surface area (Å²) in [4.78, 5) is 0.357. The van der Waals surface area contributed by atoms with E-state index in [-0.39, 0.29) is 0 Å². The number of sulfonamides is 1. The van der Waals surface area contributed by atoms with Crippen LogP contribution < -0.4 is 0 Å². The third-order valence-electron chi connectivity index (χ3n) is 4.40. The second-order valence-corrected chi connectivity index (χ2v) is 8.17. The van der Waals surface area contributed by atoms with Crippen LogP contribution in [0, 0.1) is 5.92 Å². The second-order valence-electron chi connectivity index (χ2n) is 5.85. The first-order valence-electron chi connectivity index (χ1n) is 7.63. The van der Waals surface area contributed by atoms with Crippen LogP contribution in [0.25, 0.3) is 0 Å². The Morgan fingerprint density at radius 2 is 1.90 bits per heavy atom. The van der Waals surface area contributed by atoms with Gasteiger partial charge in [-0.1, -0.05) is 25.8 Å². The number of rotatable bonds is 6. The molecule has 0 radical (unpaired) electrons. The Bertz CT molecular complexity index is 580. The molecule has 1 aliphatic rings. The fourth-order valence-corrected chi connectivity index (χ4v) is 4.61. The van der Waals surface area contributed by atoms with Crippen LogP contribution in [0.2, 0.25) is 0 Å². The molecule has 3 nitrogen and oxygen atoms in total. The van der Waals surface area contributed by atoms with Gasteiger partial charge in [0.2, 0.25) is 10.0 Å². The predicted molar refractivity (Wildman–Crippen MR) is 87.2 cm³/mol. The molecule has 0 spiro atoms. The van der Waals surface area contributed by atoms with Crippen molar-refractivity contribution in [1.82, 2.24) is 4.31 Å². The SMILES string of the molecule is CCc1ccc(S(=O)(=O)N(C)CC2CCCC2)cc1CCl. The van der Waals surface area contributed by atoms with E-state index in [0.717, 1.165) is 30.4 Å². The minimum Gasteiger partial charge on any atom is -0.207 e. The van der Waals surface area contributed by atoms with Gasteiger partial charge in [-0.15, -0.1) is 11.6 Å². The number of aryl methyl sites for hydroxylation is 1. The van der Waals surface area contributed by atoms with E-state index >= 15 is 0 Å². The molecule has 1 aromatic carbocycles. The molecule has 1 aliphatic carbocycles. The van der Waals surface area contributed by atoms with Gasteiger partial charge in [0.15, 0.2) is 0 Å². The Kier molecular flexibility index (Phi) is 5.69. The zero-order valence-corrected chi connectivity index (χ0v) is 14.4. The Balaban J connectivity index is 2.21. The minimum atomic E-state index is -3.41. The number of halogens is 1. The summed E-state index contributed by atoms with van der Waals surface area (Å²) in [6.45, 7) is 2.67. The smallest absolute Gasteiger partial charge is 0.207 e. The van der Waals surface area contributed by atoms with Gasteiger partial charge < -0.3 is 0 Å². The molecule has 0 amide bonds.